The summed E-state index contributed by atoms with van der Waals surface area (Å²) in [4.78, 5) is 2.18. The maximum Gasteiger partial charge on any atom is 0.151 e. The molecule has 0 amide bonds. The molecule has 100 valence electrons. The maximum absolute atomic E-state index is 11.5. The molecule has 0 aromatic carbocycles. The van der Waals surface area contributed by atoms with Gasteiger partial charge in [0.25, 0.3) is 0 Å². The number of nitrogens with one attached hydrogen (secondary N) is 1. The van der Waals surface area contributed by atoms with Crippen LogP contribution in [0.25, 0.3) is 0 Å². The zero-order chi connectivity index (χ0) is 13.1. The van der Waals surface area contributed by atoms with E-state index in [-0.39, 0.29) is 17.6 Å². The quantitative estimate of drug-likeness (QED) is 0.537. The molecule has 1 heterocycles. The second-order valence-corrected chi connectivity index (χ2v) is 7.45. The van der Waals surface area contributed by atoms with Crippen molar-refractivity contribution in [3.63, 3.8) is 0 Å². The van der Waals surface area contributed by atoms with E-state index in [2.05, 4.69) is 18.7 Å². The minimum Gasteiger partial charge on any atom is -0.388 e. The topological polar surface area (TPSA) is 87.2 Å². The summed E-state index contributed by atoms with van der Waals surface area (Å²) in [5.41, 5.74) is 5.36. The van der Waals surface area contributed by atoms with Gasteiger partial charge in [0.05, 0.1) is 17.3 Å². The lowest BCUT2D eigenvalue weighted by Crippen LogP contribution is -2.40. The Morgan fingerprint density at radius 1 is 1.53 bits per heavy atom. The van der Waals surface area contributed by atoms with Gasteiger partial charge in [0, 0.05) is 25.6 Å². The SMILES string of the molecule is CC(C)CN(CCC(=N)N)C1CCS(=O)(=O)C1. The van der Waals surface area contributed by atoms with Crippen molar-refractivity contribution in [1.82, 2.24) is 4.90 Å². The van der Waals surface area contributed by atoms with Crippen LogP contribution in [0.4, 0.5) is 0 Å². The number of sulfone groups is 1. The average molecular weight is 261 g/mol. The van der Waals surface area contributed by atoms with E-state index in [1.165, 1.54) is 0 Å². The van der Waals surface area contributed by atoms with Crippen LogP contribution in [0.5, 0.6) is 0 Å². The molecule has 5 nitrogen and oxygen atoms in total. The summed E-state index contributed by atoms with van der Waals surface area (Å²) in [6, 6.07) is 0.113. The summed E-state index contributed by atoms with van der Waals surface area (Å²) in [7, 11) is -2.84. The molecule has 6 heteroatoms. The van der Waals surface area contributed by atoms with Crippen molar-refractivity contribution in [1.29, 1.82) is 5.41 Å². The molecule has 1 rings (SSSR count). The highest BCUT2D eigenvalue weighted by atomic mass is 32.2. The summed E-state index contributed by atoms with van der Waals surface area (Å²) in [6.07, 6.45) is 1.23. The van der Waals surface area contributed by atoms with Crippen LogP contribution in [0.2, 0.25) is 0 Å². The predicted octanol–water partition coefficient (Wildman–Crippen LogP) is 0.458. The van der Waals surface area contributed by atoms with Crippen molar-refractivity contribution in [3.05, 3.63) is 0 Å². The molecule has 1 aliphatic heterocycles. The largest absolute Gasteiger partial charge is 0.388 e. The van der Waals surface area contributed by atoms with Crippen molar-refractivity contribution in [3.8, 4) is 0 Å². The molecule has 17 heavy (non-hydrogen) atoms. The van der Waals surface area contributed by atoms with Crippen molar-refractivity contribution in [2.75, 3.05) is 24.6 Å². The Morgan fingerprint density at radius 2 is 2.18 bits per heavy atom. The third-order valence-corrected chi connectivity index (χ3v) is 4.74. The molecule has 3 N–H and O–H groups in total. The summed E-state index contributed by atoms with van der Waals surface area (Å²) >= 11 is 0. The van der Waals surface area contributed by atoms with E-state index in [9.17, 15) is 8.42 Å². The smallest absolute Gasteiger partial charge is 0.151 e. The van der Waals surface area contributed by atoms with Crippen molar-refractivity contribution in [2.45, 2.75) is 32.7 Å². The van der Waals surface area contributed by atoms with Gasteiger partial charge in [0.2, 0.25) is 0 Å². The minimum absolute atomic E-state index is 0.113. The molecule has 0 radical (unpaired) electrons. The van der Waals surface area contributed by atoms with Gasteiger partial charge in [-0.3, -0.25) is 10.3 Å². The lowest BCUT2D eigenvalue weighted by atomic mass is 10.1. The zero-order valence-electron chi connectivity index (χ0n) is 10.6. The van der Waals surface area contributed by atoms with E-state index in [4.69, 9.17) is 11.1 Å². The summed E-state index contributed by atoms with van der Waals surface area (Å²) in [5, 5.41) is 7.25. The van der Waals surface area contributed by atoms with Gasteiger partial charge in [0.1, 0.15) is 0 Å². The van der Waals surface area contributed by atoms with E-state index < -0.39 is 9.84 Å². The van der Waals surface area contributed by atoms with E-state index in [0.29, 0.717) is 31.1 Å². The predicted molar refractivity (Wildman–Crippen MR) is 70.0 cm³/mol. The minimum atomic E-state index is -2.84. The maximum atomic E-state index is 11.5. The molecular weight excluding hydrogens is 238 g/mol. The molecule has 0 bridgehead atoms. The van der Waals surface area contributed by atoms with Crippen molar-refractivity contribution in [2.24, 2.45) is 11.7 Å². The normalized spacial score (nSPS) is 23.4. The van der Waals surface area contributed by atoms with Gasteiger partial charge in [-0.25, -0.2) is 8.42 Å². The number of hydrogen-bond acceptors (Lipinski definition) is 4. The number of amidine groups is 1. The Labute approximate surface area is 104 Å². The average Bonchev–Trinajstić information content (AvgIpc) is 2.52. The van der Waals surface area contributed by atoms with Crippen LogP contribution in [-0.2, 0) is 9.84 Å². The fourth-order valence-electron chi connectivity index (χ4n) is 2.22. The van der Waals surface area contributed by atoms with Crippen molar-refractivity contribution < 1.29 is 8.42 Å². The third-order valence-electron chi connectivity index (χ3n) is 2.99. The Kier molecular flexibility index (Phi) is 4.94. The molecule has 1 aliphatic rings. The number of rotatable bonds is 6. The lowest BCUT2D eigenvalue weighted by molar-refractivity contribution is 0.194. The fraction of sp³-hybridized carbons (Fsp3) is 0.909. The molecule has 0 aliphatic carbocycles. The summed E-state index contributed by atoms with van der Waals surface area (Å²) < 4.78 is 23.0. The zero-order valence-corrected chi connectivity index (χ0v) is 11.5. The van der Waals surface area contributed by atoms with Gasteiger partial charge in [-0.05, 0) is 12.3 Å². The second kappa shape index (κ2) is 5.82. The molecule has 1 saturated heterocycles. The summed E-state index contributed by atoms with van der Waals surface area (Å²) in [5.74, 6) is 1.22. The fourth-order valence-corrected chi connectivity index (χ4v) is 3.98. The van der Waals surface area contributed by atoms with E-state index in [1.807, 2.05) is 0 Å². The van der Waals surface area contributed by atoms with Crippen LogP contribution >= 0.6 is 0 Å². The van der Waals surface area contributed by atoms with Gasteiger partial charge in [-0.1, -0.05) is 13.8 Å². The van der Waals surface area contributed by atoms with E-state index in [1.54, 1.807) is 0 Å². The molecule has 0 spiro atoms. The molecule has 1 fully saturated rings. The lowest BCUT2D eigenvalue weighted by Gasteiger charge is -2.29. The number of nitrogens with zero attached hydrogens (tertiary/aromatic N) is 1. The first-order valence-electron chi connectivity index (χ1n) is 6.07. The highest BCUT2D eigenvalue weighted by Crippen LogP contribution is 2.19. The highest BCUT2D eigenvalue weighted by molar-refractivity contribution is 7.91. The van der Waals surface area contributed by atoms with E-state index >= 15 is 0 Å². The Morgan fingerprint density at radius 3 is 2.59 bits per heavy atom. The van der Waals surface area contributed by atoms with Gasteiger partial charge in [-0.2, -0.15) is 0 Å². The molecule has 1 atom stereocenters. The van der Waals surface area contributed by atoms with Crippen LogP contribution in [0, 0.1) is 11.3 Å². The monoisotopic (exact) mass is 261 g/mol. The van der Waals surface area contributed by atoms with Crippen LogP contribution in [0.1, 0.15) is 26.7 Å². The number of nitrogens with two attached hydrogens (primary N) is 1. The first-order chi connectivity index (χ1) is 7.80. The van der Waals surface area contributed by atoms with E-state index in [0.717, 1.165) is 6.54 Å². The van der Waals surface area contributed by atoms with Crippen molar-refractivity contribution >= 4 is 15.7 Å². The Balaban J connectivity index is 2.60. The van der Waals surface area contributed by atoms with Crippen LogP contribution in [0.3, 0.4) is 0 Å². The van der Waals surface area contributed by atoms with Crippen LogP contribution in [0.15, 0.2) is 0 Å². The summed E-state index contributed by atoms with van der Waals surface area (Å²) in [6.45, 7) is 5.79. The Hall–Kier alpha value is -0.620. The van der Waals surface area contributed by atoms with Gasteiger partial charge >= 0.3 is 0 Å². The van der Waals surface area contributed by atoms with Crippen LogP contribution in [-0.4, -0.2) is 49.8 Å². The van der Waals surface area contributed by atoms with Gasteiger partial charge < -0.3 is 5.73 Å². The third kappa shape index (κ3) is 5.04. The molecule has 0 saturated carbocycles. The van der Waals surface area contributed by atoms with Crippen LogP contribution < -0.4 is 5.73 Å². The second-order valence-electron chi connectivity index (χ2n) is 5.22. The number of hydrogen-bond donors (Lipinski definition) is 2. The standard InChI is InChI=1S/C11H23N3O2S/c1-9(2)7-14(5-3-11(12)13)10-4-6-17(15,16)8-10/h9-10H,3-8H2,1-2H3,(H3,12,13). The Bertz CT molecular complexity index is 365. The molecular formula is C11H23N3O2S. The molecule has 0 aromatic heterocycles. The first kappa shape index (κ1) is 14.4. The van der Waals surface area contributed by atoms with Gasteiger partial charge in [0.15, 0.2) is 9.84 Å². The van der Waals surface area contributed by atoms with Gasteiger partial charge in [-0.15, -0.1) is 0 Å². The first-order valence-corrected chi connectivity index (χ1v) is 7.89. The molecule has 1 unspecified atom stereocenters. The molecule has 0 aromatic rings. The highest BCUT2D eigenvalue weighted by Gasteiger charge is 2.32.